The maximum Gasteiger partial charge on any atom is 0.255 e. The predicted octanol–water partition coefficient (Wildman–Crippen LogP) is 5.10. The van der Waals surface area contributed by atoms with E-state index >= 15 is 0 Å². The summed E-state index contributed by atoms with van der Waals surface area (Å²) in [5, 5.41) is 6.32. The lowest BCUT2D eigenvalue weighted by molar-refractivity contribution is 0.102. The first-order valence-electron chi connectivity index (χ1n) is 11.1. The zero-order chi connectivity index (χ0) is 24.3. The highest BCUT2D eigenvalue weighted by atomic mass is 16.5. The third-order valence-electron chi connectivity index (χ3n) is 5.75. The molecule has 1 aliphatic rings. The number of anilines is 1. The summed E-state index contributed by atoms with van der Waals surface area (Å²) in [6.07, 6.45) is 2.42. The number of benzene rings is 3. The fraction of sp³-hybridized carbons (Fsp3) is 0.214. The van der Waals surface area contributed by atoms with Gasteiger partial charge in [-0.3, -0.25) is 9.59 Å². The number of hydrogen-bond acceptors (Lipinski definition) is 5. The molecule has 3 aromatic rings. The number of carbonyl (C=O) groups excluding carboxylic acids is 2. The fourth-order valence-corrected chi connectivity index (χ4v) is 4.12. The molecule has 0 aliphatic carbocycles. The van der Waals surface area contributed by atoms with Crippen molar-refractivity contribution >= 4 is 23.1 Å². The fourth-order valence-electron chi connectivity index (χ4n) is 4.12. The quantitative estimate of drug-likeness (QED) is 0.398. The molecule has 3 aromatic carbocycles. The normalized spacial score (nSPS) is 15.1. The van der Waals surface area contributed by atoms with Gasteiger partial charge in [-0.1, -0.05) is 30.3 Å². The minimum atomic E-state index is -0.321. The smallest absolute Gasteiger partial charge is 0.255 e. The Hall–Kier alpha value is -4.06. The van der Waals surface area contributed by atoms with Crippen molar-refractivity contribution in [3.8, 4) is 11.5 Å². The van der Waals surface area contributed by atoms with Gasteiger partial charge in [-0.2, -0.15) is 0 Å². The maximum absolute atomic E-state index is 13.2. The first-order valence-corrected chi connectivity index (χ1v) is 11.1. The second-order valence-corrected chi connectivity index (χ2v) is 8.87. The molecule has 2 N–H and O–H groups in total. The minimum Gasteiger partial charge on any atom is -0.497 e. The Bertz CT molecular complexity index is 1280. The lowest BCUT2D eigenvalue weighted by atomic mass is 9.85. The van der Waals surface area contributed by atoms with Crippen molar-refractivity contribution < 1.29 is 19.1 Å². The van der Waals surface area contributed by atoms with Crippen LogP contribution in [0, 0.1) is 0 Å². The average Bonchev–Trinajstić information content (AvgIpc) is 2.83. The molecule has 0 radical (unpaired) electrons. The molecule has 4 rings (SSSR count). The Balaban J connectivity index is 1.62. The Morgan fingerprint density at radius 3 is 2.47 bits per heavy atom. The second kappa shape index (κ2) is 9.43. The number of fused-ring (bicyclic) bond motifs is 1. The van der Waals surface area contributed by atoms with E-state index in [-0.39, 0.29) is 17.2 Å². The number of nitrogens with one attached hydrogen (secondary N) is 2. The number of para-hydroxylation sites is 2. The molecule has 1 amide bonds. The van der Waals surface area contributed by atoms with Crippen LogP contribution in [0.1, 0.15) is 45.7 Å². The largest absolute Gasteiger partial charge is 0.497 e. The van der Waals surface area contributed by atoms with Crippen LogP contribution in [-0.2, 0) is 6.42 Å². The van der Waals surface area contributed by atoms with E-state index in [0.29, 0.717) is 22.6 Å². The molecular weight excluding hydrogens is 428 g/mol. The van der Waals surface area contributed by atoms with Crippen molar-refractivity contribution in [1.29, 1.82) is 0 Å². The third kappa shape index (κ3) is 4.96. The first-order chi connectivity index (χ1) is 16.3. The molecule has 0 aromatic heterocycles. The van der Waals surface area contributed by atoms with Gasteiger partial charge in [0.15, 0.2) is 5.78 Å². The number of ketones is 1. The van der Waals surface area contributed by atoms with Crippen LogP contribution in [0.25, 0.3) is 5.70 Å². The number of allylic oxidation sites excluding steroid dienone is 1. The van der Waals surface area contributed by atoms with Gasteiger partial charge in [0, 0.05) is 34.0 Å². The van der Waals surface area contributed by atoms with Gasteiger partial charge in [0.25, 0.3) is 5.91 Å². The van der Waals surface area contributed by atoms with Crippen LogP contribution in [0.2, 0.25) is 0 Å². The van der Waals surface area contributed by atoms with Crippen LogP contribution < -0.4 is 20.1 Å². The van der Waals surface area contributed by atoms with Crippen molar-refractivity contribution in [3.05, 3.63) is 95.1 Å². The summed E-state index contributed by atoms with van der Waals surface area (Å²) in [4.78, 5) is 26.1. The molecule has 1 aliphatic heterocycles. The van der Waals surface area contributed by atoms with E-state index in [1.54, 1.807) is 56.7 Å². The zero-order valence-electron chi connectivity index (χ0n) is 19.8. The van der Waals surface area contributed by atoms with Gasteiger partial charge in [-0.15, -0.1) is 0 Å². The van der Waals surface area contributed by atoms with E-state index in [4.69, 9.17) is 9.47 Å². The Morgan fingerprint density at radius 2 is 1.71 bits per heavy atom. The molecule has 0 spiro atoms. The highest BCUT2D eigenvalue weighted by Crippen LogP contribution is 2.32. The van der Waals surface area contributed by atoms with Crippen molar-refractivity contribution in [3.63, 3.8) is 0 Å². The molecule has 174 valence electrons. The number of rotatable bonds is 6. The van der Waals surface area contributed by atoms with E-state index in [1.165, 1.54) is 0 Å². The molecule has 6 heteroatoms. The number of amides is 1. The molecular formula is C28H28N2O4. The Morgan fingerprint density at radius 1 is 0.941 bits per heavy atom. The van der Waals surface area contributed by atoms with Gasteiger partial charge in [-0.25, -0.2) is 0 Å². The van der Waals surface area contributed by atoms with Crippen LogP contribution >= 0.6 is 0 Å². The van der Waals surface area contributed by atoms with E-state index in [2.05, 4.69) is 24.5 Å². The van der Waals surface area contributed by atoms with Crippen LogP contribution in [0.3, 0.4) is 0 Å². The van der Waals surface area contributed by atoms with Gasteiger partial charge in [0.1, 0.15) is 11.5 Å². The molecule has 0 unspecified atom stereocenters. The summed E-state index contributed by atoms with van der Waals surface area (Å²) >= 11 is 0. The van der Waals surface area contributed by atoms with E-state index in [9.17, 15) is 9.59 Å². The van der Waals surface area contributed by atoms with Crippen molar-refractivity contribution in [2.75, 3.05) is 19.5 Å². The summed E-state index contributed by atoms with van der Waals surface area (Å²) in [6.45, 7) is 4.20. The highest BCUT2D eigenvalue weighted by Gasteiger charge is 2.28. The molecule has 0 saturated heterocycles. The van der Waals surface area contributed by atoms with Gasteiger partial charge in [0.2, 0.25) is 0 Å². The van der Waals surface area contributed by atoms with Gasteiger partial charge >= 0.3 is 0 Å². The number of carbonyl (C=O) groups is 2. The molecule has 34 heavy (non-hydrogen) atoms. The van der Waals surface area contributed by atoms with E-state index < -0.39 is 0 Å². The zero-order valence-corrected chi connectivity index (χ0v) is 19.8. The van der Waals surface area contributed by atoms with Crippen LogP contribution in [-0.4, -0.2) is 31.4 Å². The molecule has 1 heterocycles. The van der Waals surface area contributed by atoms with Crippen molar-refractivity contribution in [2.45, 2.75) is 25.8 Å². The summed E-state index contributed by atoms with van der Waals surface area (Å²) in [7, 11) is 3.17. The van der Waals surface area contributed by atoms with Gasteiger partial charge < -0.3 is 20.1 Å². The summed E-state index contributed by atoms with van der Waals surface area (Å²) < 4.78 is 10.7. The molecule has 6 nitrogen and oxygen atoms in total. The second-order valence-electron chi connectivity index (χ2n) is 8.87. The highest BCUT2D eigenvalue weighted by molar-refractivity contribution is 6.11. The monoisotopic (exact) mass is 456 g/mol. The van der Waals surface area contributed by atoms with E-state index in [0.717, 1.165) is 29.0 Å². The number of hydrogen-bond donors (Lipinski definition) is 2. The van der Waals surface area contributed by atoms with Gasteiger partial charge in [0.05, 0.1) is 19.9 Å². The average molecular weight is 457 g/mol. The molecule has 0 saturated carbocycles. The summed E-state index contributed by atoms with van der Waals surface area (Å²) in [5.74, 6) is 0.779. The molecule has 0 atom stereocenters. The first kappa shape index (κ1) is 23.1. The Kier molecular flexibility index (Phi) is 6.41. The van der Waals surface area contributed by atoms with E-state index in [1.807, 2.05) is 30.3 Å². The molecule has 0 fully saturated rings. The Labute approximate surface area is 199 Å². The van der Waals surface area contributed by atoms with Crippen molar-refractivity contribution in [1.82, 2.24) is 5.32 Å². The van der Waals surface area contributed by atoms with Crippen LogP contribution in [0.4, 0.5) is 5.69 Å². The lowest BCUT2D eigenvalue weighted by Gasteiger charge is -2.35. The predicted molar refractivity (Wildman–Crippen MR) is 134 cm³/mol. The summed E-state index contributed by atoms with van der Waals surface area (Å²) in [5.41, 5.74) is 3.99. The minimum absolute atomic E-state index is 0.194. The van der Waals surface area contributed by atoms with Crippen molar-refractivity contribution in [2.24, 2.45) is 0 Å². The van der Waals surface area contributed by atoms with Gasteiger partial charge in [-0.05, 0) is 62.2 Å². The van der Waals surface area contributed by atoms with Crippen LogP contribution in [0.15, 0.2) is 72.8 Å². The maximum atomic E-state index is 13.2. The van der Waals surface area contributed by atoms with Crippen LogP contribution in [0.5, 0.6) is 11.5 Å². The third-order valence-corrected chi connectivity index (χ3v) is 5.75. The lowest BCUT2D eigenvalue weighted by Crippen LogP contribution is -2.43. The number of ether oxygens (including phenoxy) is 2. The number of methoxy groups -OCH3 is 2. The SMILES string of the molecule is COc1ccc2c(c1)C(=CC(=O)c1cccc(C(=O)Nc3ccccc3OC)c1)NC(C)(C)C2. The topological polar surface area (TPSA) is 76.7 Å². The standard InChI is InChI=1S/C28H28N2O4/c1-28(2)17-20-12-13-21(33-3)15-22(20)24(30-28)16-25(31)18-8-7-9-19(14-18)27(32)29-23-10-5-6-11-26(23)34-4/h5-16,30H,17H2,1-4H3,(H,29,32). The summed E-state index contributed by atoms with van der Waals surface area (Å²) in [6, 6.07) is 19.8. The molecule has 0 bridgehead atoms.